The fraction of sp³-hybridized carbons (Fsp3) is 0.714. The van der Waals surface area contributed by atoms with Gasteiger partial charge < -0.3 is 15.3 Å². The number of hydrogen-bond donors (Lipinski definition) is 2. The zero-order valence-corrected chi connectivity index (χ0v) is 12.6. The van der Waals surface area contributed by atoms with Crippen LogP contribution in [-0.2, 0) is 6.42 Å². The lowest BCUT2D eigenvalue weighted by molar-refractivity contribution is 0.311. The second-order valence-corrected chi connectivity index (χ2v) is 6.40. The van der Waals surface area contributed by atoms with Crippen molar-refractivity contribution in [3.63, 3.8) is 0 Å². The van der Waals surface area contributed by atoms with Gasteiger partial charge in [-0.05, 0) is 37.9 Å². The van der Waals surface area contributed by atoms with Crippen LogP contribution in [-0.4, -0.2) is 47.1 Å². The normalized spacial score (nSPS) is 18.8. The maximum Gasteiger partial charge on any atom is 0.227 e. The van der Waals surface area contributed by atoms with E-state index in [2.05, 4.69) is 10.2 Å². The maximum atomic E-state index is 9.03. The van der Waals surface area contributed by atoms with Crippen molar-refractivity contribution in [3.8, 4) is 0 Å². The van der Waals surface area contributed by atoms with Crippen molar-refractivity contribution in [2.45, 2.75) is 37.0 Å². The highest BCUT2D eigenvalue weighted by atomic mass is 32.2. The summed E-state index contributed by atoms with van der Waals surface area (Å²) in [6.45, 7) is 2.79. The molecule has 0 atom stereocenters. The third-order valence-corrected chi connectivity index (χ3v) is 4.98. The quantitative estimate of drug-likeness (QED) is 0.884. The first kappa shape index (κ1) is 13.9. The number of nitrogens with one attached hydrogen (secondary N) is 1. The second-order valence-electron chi connectivity index (χ2n) is 5.30. The van der Waals surface area contributed by atoms with Crippen molar-refractivity contribution < 1.29 is 5.11 Å². The summed E-state index contributed by atoms with van der Waals surface area (Å²) in [5.74, 6) is 2.91. The van der Waals surface area contributed by atoms with Crippen LogP contribution in [0.3, 0.4) is 0 Å². The molecular weight excluding hydrogens is 272 g/mol. The standard InChI is InChI=1S/C14H22N4OS/c19-9-6-15-13-12-11(5-4-10-20-12)16-14(17-13)18-7-2-1-3-8-18/h19H,1-10H2,(H,15,16,17). The zero-order chi connectivity index (χ0) is 13.8. The van der Waals surface area contributed by atoms with Gasteiger partial charge in [-0.3, -0.25) is 0 Å². The molecule has 3 heterocycles. The van der Waals surface area contributed by atoms with Gasteiger partial charge >= 0.3 is 0 Å². The van der Waals surface area contributed by atoms with Crippen molar-refractivity contribution in [2.24, 2.45) is 0 Å². The average Bonchev–Trinajstić information content (AvgIpc) is 2.53. The second kappa shape index (κ2) is 6.63. The summed E-state index contributed by atoms with van der Waals surface area (Å²) in [6.07, 6.45) is 6.00. The predicted molar refractivity (Wildman–Crippen MR) is 82.7 cm³/mol. The van der Waals surface area contributed by atoms with Crippen molar-refractivity contribution in [3.05, 3.63) is 5.69 Å². The number of aliphatic hydroxyl groups excluding tert-OH is 1. The molecule has 1 fully saturated rings. The Hall–Kier alpha value is -1.01. The summed E-state index contributed by atoms with van der Waals surface area (Å²) in [6, 6.07) is 0. The van der Waals surface area contributed by atoms with Crippen LogP contribution in [0.4, 0.5) is 11.8 Å². The van der Waals surface area contributed by atoms with E-state index in [-0.39, 0.29) is 6.61 Å². The SMILES string of the molecule is OCCNc1nc(N2CCCCC2)nc2c1SCCC2. The van der Waals surface area contributed by atoms with Crippen molar-refractivity contribution >= 4 is 23.5 Å². The molecule has 3 rings (SSSR count). The molecule has 2 N–H and O–H groups in total. The highest BCUT2D eigenvalue weighted by molar-refractivity contribution is 7.99. The van der Waals surface area contributed by atoms with Crippen LogP contribution >= 0.6 is 11.8 Å². The van der Waals surface area contributed by atoms with Crippen LogP contribution in [0.5, 0.6) is 0 Å². The number of nitrogens with zero attached hydrogens (tertiary/aromatic N) is 3. The van der Waals surface area contributed by atoms with Gasteiger partial charge in [0.2, 0.25) is 5.95 Å². The molecule has 6 heteroatoms. The summed E-state index contributed by atoms with van der Waals surface area (Å²) in [4.78, 5) is 13.0. The number of piperidine rings is 1. The Morgan fingerprint density at radius 2 is 2.00 bits per heavy atom. The fourth-order valence-electron chi connectivity index (χ4n) is 2.75. The van der Waals surface area contributed by atoms with Gasteiger partial charge in [0.05, 0.1) is 17.2 Å². The van der Waals surface area contributed by atoms with E-state index >= 15 is 0 Å². The number of aliphatic hydroxyl groups is 1. The van der Waals surface area contributed by atoms with Crippen LogP contribution in [0.25, 0.3) is 0 Å². The van der Waals surface area contributed by atoms with E-state index < -0.39 is 0 Å². The summed E-state index contributed by atoms with van der Waals surface area (Å²) < 4.78 is 0. The maximum absolute atomic E-state index is 9.03. The van der Waals surface area contributed by atoms with Gasteiger partial charge in [-0.2, -0.15) is 4.98 Å². The minimum Gasteiger partial charge on any atom is -0.395 e. The number of fused-ring (bicyclic) bond motifs is 1. The monoisotopic (exact) mass is 294 g/mol. The lowest BCUT2D eigenvalue weighted by atomic mass is 10.1. The Bertz CT molecular complexity index is 463. The van der Waals surface area contributed by atoms with Gasteiger partial charge in [0.15, 0.2) is 0 Å². The van der Waals surface area contributed by atoms with Crippen molar-refractivity contribution in [1.82, 2.24) is 9.97 Å². The van der Waals surface area contributed by atoms with Gasteiger partial charge in [0, 0.05) is 19.6 Å². The third kappa shape index (κ3) is 3.01. The number of aryl methyl sites for hydroxylation is 1. The first-order valence-electron chi connectivity index (χ1n) is 7.52. The molecule has 2 aliphatic rings. The molecule has 110 valence electrons. The molecule has 2 aliphatic heterocycles. The molecule has 1 saturated heterocycles. The van der Waals surface area contributed by atoms with E-state index in [1.54, 1.807) is 0 Å². The van der Waals surface area contributed by atoms with Gasteiger partial charge in [-0.15, -0.1) is 11.8 Å². The van der Waals surface area contributed by atoms with E-state index in [1.165, 1.54) is 36.3 Å². The highest BCUT2D eigenvalue weighted by Gasteiger charge is 2.21. The Labute approximate surface area is 124 Å². The van der Waals surface area contributed by atoms with E-state index in [0.717, 1.165) is 37.0 Å². The van der Waals surface area contributed by atoms with Gasteiger partial charge in [0.25, 0.3) is 0 Å². The first-order valence-corrected chi connectivity index (χ1v) is 8.50. The van der Waals surface area contributed by atoms with Crippen LogP contribution in [0.2, 0.25) is 0 Å². The number of rotatable bonds is 4. The van der Waals surface area contributed by atoms with Crippen LogP contribution < -0.4 is 10.2 Å². The number of thioether (sulfide) groups is 1. The zero-order valence-electron chi connectivity index (χ0n) is 11.8. The van der Waals surface area contributed by atoms with E-state index in [4.69, 9.17) is 15.1 Å². The third-order valence-electron chi connectivity index (χ3n) is 3.77. The topological polar surface area (TPSA) is 61.3 Å². The lowest BCUT2D eigenvalue weighted by Crippen LogP contribution is -2.31. The molecule has 1 aromatic heterocycles. The van der Waals surface area contributed by atoms with Crippen molar-refractivity contribution in [2.75, 3.05) is 42.2 Å². The van der Waals surface area contributed by atoms with Gasteiger partial charge in [0.1, 0.15) is 5.82 Å². The lowest BCUT2D eigenvalue weighted by Gasteiger charge is -2.28. The number of aromatic nitrogens is 2. The molecule has 1 aromatic rings. The Morgan fingerprint density at radius 3 is 2.80 bits per heavy atom. The number of anilines is 2. The molecule has 0 unspecified atom stereocenters. The summed E-state index contributed by atoms with van der Waals surface area (Å²) >= 11 is 1.83. The summed E-state index contributed by atoms with van der Waals surface area (Å²) in [7, 11) is 0. The average molecular weight is 294 g/mol. The molecule has 0 aliphatic carbocycles. The fourth-order valence-corrected chi connectivity index (χ4v) is 3.81. The molecule has 5 nitrogen and oxygen atoms in total. The highest BCUT2D eigenvalue weighted by Crippen LogP contribution is 2.35. The smallest absolute Gasteiger partial charge is 0.227 e. The van der Waals surface area contributed by atoms with Crippen molar-refractivity contribution in [1.29, 1.82) is 0 Å². The molecule has 0 spiro atoms. The van der Waals surface area contributed by atoms with Crippen LogP contribution in [0.1, 0.15) is 31.4 Å². The van der Waals surface area contributed by atoms with E-state index in [0.29, 0.717) is 6.54 Å². The largest absolute Gasteiger partial charge is 0.395 e. The minimum atomic E-state index is 0.127. The minimum absolute atomic E-state index is 0.127. The molecule has 0 radical (unpaired) electrons. The van der Waals surface area contributed by atoms with E-state index in [1.807, 2.05) is 11.8 Å². The first-order chi connectivity index (χ1) is 9.88. The predicted octanol–water partition coefficient (Wildman–Crippen LogP) is 1.91. The Kier molecular flexibility index (Phi) is 4.62. The van der Waals surface area contributed by atoms with Gasteiger partial charge in [-0.1, -0.05) is 0 Å². The molecule has 0 bridgehead atoms. The number of hydrogen-bond acceptors (Lipinski definition) is 6. The Balaban J connectivity index is 1.89. The summed E-state index contributed by atoms with van der Waals surface area (Å²) in [5, 5.41) is 12.3. The Morgan fingerprint density at radius 1 is 1.15 bits per heavy atom. The molecular formula is C14H22N4OS. The molecule has 0 aromatic carbocycles. The molecule has 0 amide bonds. The van der Waals surface area contributed by atoms with Gasteiger partial charge in [-0.25, -0.2) is 4.98 Å². The molecule has 0 saturated carbocycles. The van der Waals surface area contributed by atoms with Crippen LogP contribution in [0.15, 0.2) is 4.90 Å². The molecule has 20 heavy (non-hydrogen) atoms. The summed E-state index contributed by atoms with van der Waals surface area (Å²) in [5.41, 5.74) is 1.18. The van der Waals surface area contributed by atoms with E-state index in [9.17, 15) is 0 Å². The van der Waals surface area contributed by atoms with Crippen LogP contribution in [0, 0.1) is 0 Å².